The Bertz CT molecular complexity index is 256. The molecule has 1 heteroatoms. The van der Waals surface area contributed by atoms with Crippen molar-refractivity contribution in [2.24, 2.45) is 5.92 Å². The zero-order chi connectivity index (χ0) is 8.23. The maximum atomic E-state index is 4.11. The third-order valence-corrected chi connectivity index (χ3v) is 2.35. The molecule has 0 saturated heterocycles. The number of rotatable bonds is 2. The topological polar surface area (TPSA) is 12.9 Å². The Kier molecular flexibility index (Phi) is 2.21. The van der Waals surface area contributed by atoms with Crippen molar-refractivity contribution in [3.8, 4) is 0 Å². The first-order chi connectivity index (χ1) is 5.95. The van der Waals surface area contributed by atoms with Crippen LogP contribution in [-0.2, 0) is 6.42 Å². The lowest BCUT2D eigenvalue weighted by molar-refractivity contribution is 0.566. The number of pyridine rings is 1. The molecule has 0 unspecified atom stereocenters. The molecule has 1 aromatic rings. The van der Waals surface area contributed by atoms with Crippen LogP contribution in [0.3, 0.4) is 0 Å². The van der Waals surface area contributed by atoms with Gasteiger partial charge >= 0.3 is 0 Å². The molecule has 0 saturated carbocycles. The fourth-order valence-electron chi connectivity index (χ4n) is 1.69. The molecule has 62 valence electrons. The first kappa shape index (κ1) is 7.53. The molecule has 0 atom stereocenters. The minimum Gasteiger partial charge on any atom is -0.264 e. The fraction of sp³-hybridized carbons (Fsp3) is 0.364. The Morgan fingerprint density at radius 2 is 2.17 bits per heavy atom. The predicted octanol–water partition coefficient (Wildman–Crippen LogP) is 2.59. The van der Waals surface area contributed by atoms with Gasteiger partial charge in [0.25, 0.3) is 0 Å². The van der Waals surface area contributed by atoms with Crippen molar-refractivity contribution in [3.63, 3.8) is 0 Å². The molecule has 0 radical (unpaired) electrons. The van der Waals surface area contributed by atoms with E-state index in [1.54, 1.807) is 0 Å². The van der Waals surface area contributed by atoms with E-state index in [0.717, 1.165) is 5.92 Å². The summed E-state index contributed by atoms with van der Waals surface area (Å²) >= 11 is 0. The monoisotopic (exact) mass is 159 g/mol. The molecule has 2 rings (SSSR count). The molecule has 0 bridgehead atoms. The van der Waals surface area contributed by atoms with Crippen LogP contribution in [0.4, 0.5) is 0 Å². The molecule has 1 aliphatic carbocycles. The van der Waals surface area contributed by atoms with Gasteiger partial charge in [-0.05, 0) is 36.8 Å². The van der Waals surface area contributed by atoms with E-state index in [-0.39, 0.29) is 0 Å². The third-order valence-electron chi connectivity index (χ3n) is 2.35. The summed E-state index contributed by atoms with van der Waals surface area (Å²) in [6, 6.07) is 4.17. The van der Waals surface area contributed by atoms with Crippen LogP contribution in [0.5, 0.6) is 0 Å². The highest BCUT2D eigenvalue weighted by Gasteiger charge is 2.10. The van der Waals surface area contributed by atoms with Gasteiger partial charge in [-0.15, -0.1) is 0 Å². The maximum absolute atomic E-state index is 4.11. The summed E-state index contributed by atoms with van der Waals surface area (Å²) in [6.07, 6.45) is 12.0. The van der Waals surface area contributed by atoms with E-state index >= 15 is 0 Å². The van der Waals surface area contributed by atoms with Crippen LogP contribution < -0.4 is 0 Å². The van der Waals surface area contributed by atoms with Gasteiger partial charge in [-0.25, -0.2) is 0 Å². The van der Waals surface area contributed by atoms with E-state index < -0.39 is 0 Å². The van der Waals surface area contributed by atoms with E-state index in [1.807, 2.05) is 18.5 Å². The van der Waals surface area contributed by atoms with E-state index in [9.17, 15) is 0 Å². The highest BCUT2D eigenvalue weighted by atomic mass is 14.6. The Labute approximate surface area is 73.1 Å². The molecule has 1 heterocycles. The molecule has 1 aromatic heterocycles. The van der Waals surface area contributed by atoms with Crippen molar-refractivity contribution in [2.45, 2.75) is 19.3 Å². The average molecular weight is 159 g/mol. The summed E-state index contributed by atoms with van der Waals surface area (Å²) in [6.45, 7) is 0. The Balaban J connectivity index is 1.95. The minimum atomic E-state index is 0.828. The summed E-state index contributed by atoms with van der Waals surface area (Å²) in [4.78, 5) is 4.11. The first-order valence-electron chi connectivity index (χ1n) is 4.49. The first-order valence-corrected chi connectivity index (χ1v) is 4.49. The predicted molar refractivity (Wildman–Crippen MR) is 49.8 cm³/mol. The summed E-state index contributed by atoms with van der Waals surface area (Å²) < 4.78 is 0. The lowest BCUT2D eigenvalue weighted by atomic mass is 9.99. The van der Waals surface area contributed by atoms with Gasteiger partial charge < -0.3 is 0 Å². The summed E-state index contributed by atoms with van der Waals surface area (Å²) in [5.41, 5.74) is 1.37. The summed E-state index contributed by atoms with van der Waals surface area (Å²) in [7, 11) is 0. The van der Waals surface area contributed by atoms with E-state index in [2.05, 4.69) is 23.2 Å². The average Bonchev–Trinajstić information content (AvgIpc) is 2.59. The van der Waals surface area contributed by atoms with Crippen molar-refractivity contribution in [1.29, 1.82) is 0 Å². The lowest BCUT2D eigenvalue weighted by Crippen LogP contribution is -1.98. The van der Waals surface area contributed by atoms with E-state index in [4.69, 9.17) is 0 Å². The number of aromatic nitrogens is 1. The van der Waals surface area contributed by atoms with E-state index in [1.165, 1.54) is 24.8 Å². The number of hydrogen-bond donors (Lipinski definition) is 0. The molecule has 1 nitrogen and oxygen atoms in total. The third kappa shape index (κ3) is 1.73. The molecular weight excluding hydrogens is 146 g/mol. The zero-order valence-corrected chi connectivity index (χ0v) is 7.11. The maximum Gasteiger partial charge on any atom is 0.0299 e. The van der Waals surface area contributed by atoms with Crippen molar-refractivity contribution in [1.82, 2.24) is 4.98 Å². The summed E-state index contributed by atoms with van der Waals surface area (Å²) in [5, 5.41) is 0. The standard InChI is InChI=1S/C11H13N/c1-2-5-10(4-1)8-11-6-3-7-12-9-11/h1-3,6-7,9-10H,4-5,8H2. The fourth-order valence-corrected chi connectivity index (χ4v) is 1.69. The van der Waals surface area contributed by atoms with Crippen LogP contribution in [-0.4, -0.2) is 4.98 Å². The van der Waals surface area contributed by atoms with Gasteiger partial charge in [0.1, 0.15) is 0 Å². The molecular formula is C11H13N. The largest absolute Gasteiger partial charge is 0.264 e. The second-order valence-corrected chi connectivity index (χ2v) is 3.37. The molecule has 0 aromatic carbocycles. The van der Waals surface area contributed by atoms with Crippen LogP contribution in [0.15, 0.2) is 36.7 Å². The molecule has 1 aliphatic rings. The number of allylic oxidation sites excluding steroid dienone is 2. The zero-order valence-electron chi connectivity index (χ0n) is 7.11. The quantitative estimate of drug-likeness (QED) is 0.604. The van der Waals surface area contributed by atoms with Gasteiger partial charge in [0.2, 0.25) is 0 Å². The van der Waals surface area contributed by atoms with E-state index in [0.29, 0.717) is 0 Å². The van der Waals surface area contributed by atoms with Gasteiger partial charge in [0, 0.05) is 12.4 Å². The van der Waals surface area contributed by atoms with Crippen LogP contribution in [0.1, 0.15) is 18.4 Å². The van der Waals surface area contributed by atoms with Crippen molar-refractivity contribution in [3.05, 3.63) is 42.2 Å². The number of hydrogen-bond acceptors (Lipinski definition) is 1. The smallest absolute Gasteiger partial charge is 0.0299 e. The van der Waals surface area contributed by atoms with Crippen molar-refractivity contribution >= 4 is 0 Å². The Morgan fingerprint density at radius 1 is 1.33 bits per heavy atom. The molecule has 12 heavy (non-hydrogen) atoms. The Hall–Kier alpha value is -1.11. The minimum absolute atomic E-state index is 0.828. The molecule has 0 aliphatic heterocycles. The van der Waals surface area contributed by atoms with Crippen LogP contribution in [0, 0.1) is 5.92 Å². The van der Waals surface area contributed by atoms with Gasteiger partial charge in [-0.3, -0.25) is 4.98 Å². The highest BCUT2D eigenvalue weighted by Crippen LogP contribution is 2.21. The molecule has 0 spiro atoms. The second kappa shape index (κ2) is 3.53. The summed E-state index contributed by atoms with van der Waals surface area (Å²) in [5.74, 6) is 0.828. The van der Waals surface area contributed by atoms with Gasteiger partial charge in [0.15, 0.2) is 0 Å². The van der Waals surface area contributed by atoms with Crippen molar-refractivity contribution in [2.75, 3.05) is 0 Å². The SMILES string of the molecule is C1=CCC(Cc2cccnc2)C1. The Morgan fingerprint density at radius 3 is 2.83 bits per heavy atom. The normalized spacial score (nSPS) is 17.0. The van der Waals surface area contributed by atoms with Crippen LogP contribution in [0.2, 0.25) is 0 Å². The van der Waals surface area contributed by atoms with Crippen LogP contribution in [0.25, 0.3) is 0 Å². The highest BCUT2D eigenvalue weighted by molar-refractivity contribution is 5.11. The second-order valence-electron chi connectivity index (χ2n) is 3.37. The van der Waals surface area contributed by atoms with Gasteiger partial charge in [-0.2, -0.15) is 0 Å². The molecule has 0 N–H and O–H groups in total. The van der Waals surface area contributed by atoms with Gasteiger partial charge in [0.05, 0.1) is 0 Å². The van der Waals surface area contributed by atoms with Crippen LogP contribution >= 0.6 is 0 Å². The van der Waals surface area contributed by atoms with Gasteiger partial charge in [-0.1, -0.05) is 18.2 Å². The lowest BCUT2D eigenvalue weighted by Gasteiger charge is -2.07. The molecule has 0 amide bonds. The van der Waals surface area contributed by atoms with Crippen molar-refractivity contribution < 1.29 is 0 Å². The number of nitrogens with zero attached hydrogens (tertiary/aromatic N) is 1. The molecule has 0 fully saturated rings.